The quantitative estimate of drug-likeness (QED) is 0.534. The molecule has 55 valence electrons. The van der Waals surface area contributed by atoms with Gasteiger partial charge >= 0.3 is 0 Å². The van der Waals surface area contributed by atoms with Crippen LogP contribution in [0.3, 0.4) is 0 Å². The van der Waals surface area contributed by atoms with Crippen LogP contribution in [-0.2, 0) is 9.47 Å². The molecule has 0 aliphatic heterocycles. The zero-order valence-electron chi connectivity index (χ0n) is 5.76. The lowest BCUT2D eigenvalue weighted by atomic mass is 10.5. The van der Waals surface area contributed by atoms with Gasteiger partial charge in [0.2, 0.25) is 0 Å². The predicted octanol–water partition coefficient (Wildman–Crippen LogP) is 1.58. The normalized spacial score (nSPS) is 10.0. The van der Waals surface area contributed by atoms with Crippen molar-refractivity contribution in [3.05, 3.63) is 0 Å². The van der Waals surface area contributed by atoms with Crippen LogP contribution in [0.5, 0.6) is 0 Å². The smallest absolute Gasteiger partial charge is 0.102 e. The van der Waals surface area contributed by atoms with Gasteiger partial charge in [-0.1, -0.05) is 12.6 Å². The average molecular weight is 149 g/mol. The first-order valence-electron chi connectivity index (χ1n) is 3.15. The van der Waals surface area contributed by atoms with Crippen LogP contribution in [0.1, 0.15) is 13.3 Å². The van der Waals surface area contributed by atoms with Crippen LogP contribution in [0.2, 0.25) is 0 Å². The molecule has 0 spiro atoms. The van der Waals surface area contributed by atoms with Crippen molar-refractivity contribution >= 4 is 12.6 Å². The SMILES string of the molecule is CCOCCCOC[S]. The molecule has 0 aliphatic carbocycles. The van der Waals surface area contributed by atoms with E-state index in [1.54, 1.807) is 0 Å². The number of rotatable bonds is 6. The molecule has 0 bridgehead atoms. The van der Waals surface area contributed by atoms with E-state index in [-0.39, 0.29) is 0 Å². The molecule has 0 unspecified atom stereocenters. The molecular formula is C6H13O2S. The molecule has 0 rings (SSSR count). The maximum atomic E-state index is 5.07. The van der Waals surface area contributed by atoms with E-state index in [1.807, 2.05) is 6.92 Å². The van der Waals surface area contributed by atoms with Gasteiger partial charge in [-0.25, -0.2) is 0 Å². The highest BCUT2D eigenvalue weighted by Gasteiger charge is 1.85. The summed E-state index contributed by atoms with van der Waals surface area (Å²) < 4.78 is 9.98. The van der Waals surface area contributed by atoms with Gasteiger partial charge in [-0.2, -0.15) is 0 Å². The molecule has 0 aromatic heterocycles. The molecular weight excluding hydrogens is 136 g/mol. The zero-order valence-corrected chi connectivity index (χ0v) is 6.58. The fraction of sp³-hybridized carbons (Fsp3) is 1.00. The summed E-state index contributed by atoms with van der Waals surface area (Å²) in [4.78, 5) is 0. The summed E-state index contributed by atoms with van der Waals surface area (Å²) in [6.45, 7) is 4.27. The first kappa shape index (κ1) is 9.27. The molecule has 1 radical (unpaired) electrons. The second-order valence-electron chi connectivity index (χ2n) is 1.58. The standard InChI is InChI=1S/C6H13O2S/c1-2-7-4-3-5-8-6-9/h2-6H2,1H3. The summed E-state index contributed by atoms with van der Waals surface area (Å²) in [5.41, 5.74) is 0. The van der Waals surface area contributed by atoms with E-state index in [0.29, 0.717) is 5.94 Å². The van der Waals surface area contributed by atoms with E-state index in [2.05, 4.69) is 12.6 Å². The Labute approximate surface area is 61.9 Å². The van der Waals surface area contributed by atoms with Crippen molar-refractivity contribution in [2.45, 2.75) is 13.3 Å². The Hall–Kier alpha value is 0.270. The fourth-order valence-electron chi connectivity index (χ4n) is 0.466. The minimum Gasteiger partial charge on any atom is -0.382 e. The second kappa shape index (κ2) is 8.27. The first-order valence-corrected chi connectivity index (χ1v) is 3.73. The third kappa shape index (κ3) is 8.27. The predicted molar refractivity (Wildman–Crippen MR) is 39.5 cm³/mol. The largest absolute Gasteiger partial charge is 0.382 e. The molecule has 0 atom stereocenters. The van der Waals surface area contributed by atoms with Gasteiger partial charge in [0.1, 0.15) is 5.94 Å². The highest BCUT2D eigenvalue weighted by Crippen LogP contribution is 1.85. The number of hydrogen-bond acceptors (Lipinski definition) is 2. The topological polar surface area (TPSA) is 18.5 Å². The van der Waals surface area contributed by atoms with E-state index in [4.69, 9.17) is 9.47 Å². The van der Waals surface area contributed by atoms with E-state index in [9.17, 15) is 0 Å². The van der Waals surface area contributed by atoms with Gasteiger partial charge in [0.15, 0.2) is 0 Å². The van der Waals surface area contributed by atoms with Crippen molar-refractivity contribution in [1.29, 1.82) is 0 Å². The van der Waals surface area contributed by atoms with Crippen LogP contribution in [0.4, 0.5) is 0 Å². The Morgan fingerprint density at radius 1 is 1.22 bits per heavy atom. The Kier molecular flexibility index (Phi) is 8.52. The van der Waals surface area contributed by atoms with E-state index < -0.39 is 0 Å². The molecule has 0 aliphatic rings. The van der Waals surface area contributed by atoms with Crippen molar-refractivity contribution in [1.82, 2.24) is 0 Å². The Morgan fingerprint density at radius 2 is 1.89 bits per heavy atom. The lowest BCUT2D eigenvalue weighted by molar-refractivity contribution is 0.107. The highest BCUT2D eigenvalue weighted by atomic mass is 32.1. The van der Waals surface area contributed by atoms with Gasteiger partial charge in [-0.05, 0) is 13.3 Å². The zero-order chi connectivity index (χ0) is 6.95. The molecule has 9 heavy (non-hydrogen) atoms. The van der Waals surface area contributed by atoms with Gasteiger partial charge in [0.25, 0.3) is 0 Å². The Bertz CT molecular complexity index is 44.3. The van der Waals surface area contributed by atoms with Gasteiger partial charge in [0.05, 0.1) is 0 Å². The Morgan fingerprint density at radius 3 is 2.44 bits per heavy atom. The molecule has 3 heteroatoms. The van der Waals surface area contributed by atoms with Crippen LogP contribution < -0.4 is 0 Å². The number of ether oxygens (including phenoxy) is 2. The van der Waals surface area contributed by atoms with E-state index in [0.717, 1.165) is 26.2 Å². The molecule has 0 N–H and O–H groups in total. The van der Waals surface area contributed by atoms with Crippen molar-refractivity contribution in [2.24, 2.45) is 0 Å². The van der Waals surface area contributed by atoms with Crippen LogP contribution in [0.25, 0.3) is 0 Å². The Balaban J connectivity index is 2.60. The molecule has 0 heterocycles. The second-order valence-corrected chi connectivity index (χ2v) is 1.81. The first-order chi connectivity index (χ1) is 4.41. The minimum atomic E-state index is 0.395. The van der Waals surface area contributed by atoms with Crippen molar-refractivity contribution in [3.63, 3.8) is 0 Å². The fourth-order valence-corrected chi connectivity index (χ4v) is 0.584. The number of hydrogen-bond donors (Lipinski definition) is 0. The highest BCUT2D eigenvalue weighted by molar-refractivity contribution is 7.80. The van der Waals surface area contributed by atoms with Gasteiger partial charge in [0, 0.05) is 19.8 Å². The third-order valence-electron chi connectivity index (χ3n) is 0.865. The van der Waals surface area contributed by atoms with Crippen LogP contribution in [-0.4, -0.2) is 25.8 Å². The third-order valence-corrected chi connectivity index (χ3v) is 1.03. The molecule has 0 saturated heterocycles. The van der Waals surface area contributed by atoms with Crippen LogP contribution in [0, 0.1) is 0 Å². The maximum Gasteiger partial charge on any atom is 0.102 e. The summed E-state index contributed by atoms with van der Waals surface area (Å²) >= 11 is 4.57. The summed E-state index contributed by atoms with van der Waals surface area (Å²) in [5, 5.41) is 0. The van der Waals surface area contributed by atoms with E-state index in [1.165, 1.54) is 0 Å². The minimum absolute atomic E-state index is 0.395. The van der Waals surface area contributed by atoms with Crippen molar-refractivity contribution < 1.29 is 9.47 Å². The van der Waals surface area contributed by atoms with Crippen molar-refractivity contribution in [3.8, 4) is 0 Å². The summed E-state index contributed by atoms with van der Waals surface area (Å²) in [7, 11) is 0. The monoisotopic (exact) mass is 149 g/mol. The maximum absolute atomic E-state index is 5.07. The molecule has 2 nitrogen and oxygen atoms in total. The molecule has 0 aromatic carbocycles. The summed E-state index contributed by atoms with van der Waals surface area (Å²) in [5.74, 6) is 0.395. The molecule has 0 amide bonds. The van der Waals surface area contributed by atoms with Crippen LogP contribution >= 0.6 is 12.6 Å². The van der Waals surface area contributed by atoms with Gasteiger partial charge in [-0.3, -0.25) is 0 Å². The lowest BCUT2D eigenvalue weighted by Gasteiger charge is -1.99. The lowest BCUT2D eigenvalue weighted by Crippen LogP contribution is -1.99. The summed E-state index contributed by atoms with van der Waals surface area (Å²) in [6.07, 6.45) is 0.949. The van der Waals surface area contributed by atoms with Crippen LogP contribution in [0.15, 0.2) is 0 Å². The molecule has 0 fully saturated rings. The molecule has 0 saturated carbocycles. The molecule has 0 aromatic rings. The van der Waals surface area contributed by atoms with Gasteiger partial charge < -0.3 is 9.47 Å². The van der Waals surface area contributed by atoms with E-state index >= 15 is 0 Å². The van der Waals surface area contributed by atoms with Gasteiger partial charge in [-0.15, -0.1) is 0 Å². The summed E-state index contributed by atoms with van der Waals surface area (Å²) in [6, 6.07) is 0. The van der Waals surface area contributed by atoms with Crippen molar-refractivity contribution in [2.75, 3.05) is 25.8 Å². The average Bonchev–Trinajstić information content (AvgIpc) is 1.89.